The molecule has 152 valence electrons. The monoisotopic (exact) mass is 443 g/mol. The van der Waals surface area contributed by atoms with Gasteiger partial charge in [0.15, 0.2) is 0 Å². The number of sulfonamides is 1. The van der Waals surface area contributed by atoms with E-state index in [0.717, 1.165) is 18.4 Å². The molecular formula is C20H23Cl2NO4S. The fourth-order valence-electron chi connectivity index (χ4n) is 3.54. The highest BCUT2D eigenvalue weighted by molar-refractivity contribution is 7.89. The van der Waals surface area contributed by atoms with Gasteiger partial charge < -0.3 is 9.47 Å². The molecule has 0 aromatic heterocycles. The van der Waals surface area contributed by atoms with Crippen molar-refractivity contribution in [3.8, 4) is 11.5 Å². The average Bonchev–Trinajstić information content (AvgIpc) is 2.69. The number of para-hydroxylation sites is 1. The first-order valence-corrected chi connectivity index (χ1v) is 11.3. The van der Waals surface area contributed by atoms with Gasteiger partial charge in [-0.15, -0.1) is 0 Å². The van der Waals surface area contributed by atoms with Crippen LogP contribution >= 0.6 is 23.2 Å². The van der Waals surface area contributed by atoms with Crippen molar-refractivity contribution in [1.82, 2.24) is 4.72 Å². The summed E-state index contributed by atoms with van der Waals surface area (Å²) in [4.78, 5) is -0.0810. The normalized spacial score (nSPS) is 18.2. The smallest absolute Gasteiger partial charge is 0.242 e. The van der Waals surface area contributed by atoms with E-state index in [4.69, 9.17) is 32.7 Å². The second-order valence-corrected chi connectivity index (χ2v) is 9.24. The lowest BCUT2D eigenvalue weighted by atomic mass is 9.84. The fraction of sp³-hybridized carbons (Fsp3) is 0.400. The highest BCUT2D eigenvalue weighted by Crippen LogP contribution is 2.44. The van der Waals surface area contributed by atoms with Crippen molar-refractivity contribution in [3.63, 3.8) is 0 Å². The lowest BCUT2D eigenvalue weighted by Gasteiger charge is -2.41. The summed E-state index contributed by atoms with van der Waals surface area (Å²) in [6.07, 6.45) is 2.06. The standard InChI is InChI=1S/C20H23Cl2NO4S/c1-4-20(5-2)12-14(13-8-6-7-9-15(13)27-20)23-28(24,25)17-11-10-16(26-3)18(21)19(17)22/h6-11,14,23H,4-5,12H2,1-3H3/t14-/m0/s1. The number of fused-ring (bicyclic) bond motifs is 1. The van der Waals surface area contributed by atoms with Gasteiger partial charge in [-0.05, 0) is 31.0 Å². The molecule has 1 aliphatic rings. The Morgan fingerprint density at radius 2 is 1.82 bits per heavy atom. The molecule has 2 aromatic rings. The van der Waals surface area contributed by atoms with E-state index in [9.17, 15) is 8.42 Å². The fourth-order valence-corrected chi connectivity index (χ4v) is 5.59. The Labute approximate surface area is 176 Å². The number of ether oxygens (including phenoxy) is 2. The van der Waals surface area contributed by atoms with Gasteiger partial charge in [0.05, 0.1) is 18.2 Å². The molecule has 8 heteroatoms. The molecule has 0 amide bonds. The van der Waals surface area contributed by atoms with E-state index in [1.54, 1.807) is 0 Å². The van der Waals surface area contributed by atoms with Crippen LogP contribution in [0.3, 0.4) is 0 Å². The van der Waals surface area contributed by atoms with Crippen LogP contribution in [-0.2, 0) is 10.0 Å². The van der Waals surface area contributed by atoms with E-state index in [1.807, 2.05) is 38.1 Å². The van der Waals surface area contributed by atoms with E-state index in [1.165, 1.54) is 19.2 Å². The van der Waals surface area contributed by atoms with Crippen LogP contribution in [0.4, 0.5) is 0 Å². The van der Waals surface area contributed by atoms with E-state index in [2.05, 4.69) is 4.72 Å². The molecule has 28 heavy (non-hydrogen) atoms. The lowest BCUT2D eigenvalue weighted by molar-refractivity contribution is 0.0260. The van der Waals surface area contributed by atoms with Gasteiger partial charge in [0.25, 0.3) is 0 Å². The summed E-state index contributed by atoms with van der Waals surface area (Å²) < 4.78 is 40.4. The number of methoxy groups -OCH3 is 1. The van der Waals surface area contributed by atoms with Crippen molar-refractivity contribution < 1.29 is 17.9 Å². The molecule has 3 rings (SSSR count). The molecule has 1 N–H and O–H groups in total. The predicted octanol–water partition coefficient (Wildman–Crippen LogP) is 5.36. The van der Waals surface area contributed by atoms with Crippen molar-refractivity contribution in [2.24, 2.45) is 0 Å². The SMILES string of the molecule is CCC1(CC)C[C@H](NS(=O)(=O)c2ccc(OC)c(Cl)c2Cl)c2ccccc2O1. The summed E-state index contributed by atoms with van der Waals surface area (Å²) in [5, 5.41) is 0.00184. The van der Waals surface area contributed by atoms with Crippen molar-refractivity contribution >= 4 is 33.2 Å². The average molecular weight is 444 g/mol. The zero-order valence-electron chi connectivity index (χ0n) is 16.0. The number of hydrogen-bond donors (Lipinski definition) is 1. The van der Waals surface area contributed by atoms with Crippen LogP contribution in [-0.4, -0.2) is 21.1 Å². The molecule has 0 fully saturated rings. The zero-order valence-corrected chi connectivity index (χ0v) is 18.3. The first-order chi connectivity index (χ1) is 13.3. The Morgan fingerprint density at radius 3 is 2.46 bits per heavy atom. The maximum Gasteiger partial charge on any atom is 0.242 e. The number of rotatable bonds is 6. The predicted molar refractivity (Wildman–Crippen MR) is 111 cm³/mol. The van der Waals surface area contributed by atoms with Crippen LogP contribution in [0.15, 0.2) is 41.3 Å². The molecule has 5 nitrogen and oxygen atoms in total. The van der Waals surface area contributed by atoms with Gasteiger partial charge in [-0.1, -0.05) is 55.2 Å². The third kappa shape index (κ3) is 3.83. The van der Waals surface area contributed by atoms with Crippen molar-refractivity contribution in [1.29, 1.82) is 0 Å². The third-order valence-corrected chi connectivity index (χ3v) is 7.79. The second-order valence-electron chi connectivity index (χ2n) is 6.80. The van der Waals surface area contributed by atoms with Crippen LogP contribution in [0.2, 0.25) is 10.0 Å². The Balaban J connectivity index is 2.01. The first-order valence-electron chi connectivity index (χ1n) is 9.09. The molecule has 0 unspecified atom stereocenters. The molecule has 1 heterocycles. The van der Waals surface area contributed by atoms with Gasteiger partial charge in [-0.25, -0.2) is 13.1 Å². The van der Waals surface area contributed by atoms with Crippen LogP contribution in [0.5, 0.6) is 11.5 Å². The summed E-state index contributed by atoms with van der Waals surface area (Å²) in [5.74, 6) is 1.02. The zero-order chi connectivity index (χ0) is 20.5. The van der Waals surface area contributed by atoms with Crippen LogP contribution < -0.4 is 14.2 Å². The quantitative estimate of drug-likeness (QED) is 0.651. The first kappa shape index (κ1) is 21.2. The number of nitrogens with one attached hydrogen (secondary N) is 1. The summed E-state index contributed by atoms with van der Waals surface area (Å²) >= 11 is 12.4. The molecule has 1 aliphatic heterocycles. The van der Waals surface area contributed by atoms with E-state index >= 15 is 0 Å². The van der Waals surface area contributed by atoms with Gasteiger partial charge in [0.2, 0.25) is 10.0 Å². The van der Waals surface area contributed by atoms with Crippen molar-refractivity contribution in [3.05, 3.63) is 52.0 Å². The molecule has 1 atom stereocenters. The highest BCUT2D eigenvalue weighted by atomic mass is 35.5. The largest absolute Gasteiger partial charge is 0.495 e. The van der Waals surface area contributed by atoms with E-state index in [-0.39, 0.29) is 14.9 Å². The van der Waals surface area contributed by atoms with Gasteiger partial charge in [-0.3, -0.25) is 0 Å². The minimum atomic E-state index is -3.92. The molecular weight excluding hydrogens is 421 g/mol. The highest BCUT2D eigenvalue weighted by Gasteiger charge is 2.40. The minimum Gasteiger partial charge on any atom is -0.495 e. The van der Waals surface area contributed by atoms with Crippen molar-refractivity contribution in [2.45, 2.75) is 49.6 Å². The second kappa shape index (κ2) is 8.11. The van der Waals surface area contributed by atoms with Crippen LogP contribution in [0, 0.1) is 0 Å². The minimum absolute atomic E-state index is 0.0638. The summed E-state index contributed by atoms with van der Waals surface area (Å²) in [6, 6.07) is 9.94. The van der Waals surface area contributed by atoms with Crippen molar-refractivity contribution in [2.75, 3.05) is 7.11 Å². The molecule has 0 bridgehead atoms. The molecule has 0 radical (unpaired) electrons. The maximum absolute atomic E-state index is 13.1. The van der Waals surface area contributed by atoms with Crippen LogP contribution in [0.25, 0.3) is 0 Å². The number of benzene rings is 2. The van der Waals surface area contributed by atoms with E-state index in [0.29, 0.717) is 17.9 Å². The molecule has 0 saturated carbocycles. The topological polar surface area (TPSA) is 64.6 Å². The van der Waals surface area contributed by atoms with Gasteiger partial charge in [0, 0.05) is 12.0 Å². The Hall–Kier alpha value is -1.47. The Kier molecular flexibility index (Phi) is 6.15. The van der Waals surface area contributed by atoms with E-state index < -0.39 is 21.7 Å². The molecule has 0 aliphatic carbocycles. The Morgan fingerprint density at radius 1 is 1.14 bits per heavy atom. The summed E-state index contributed by atoms with van der Waals surface area (Å²) in [5.41, 5.74) is 0.377. The number of hydrogen-bond acceptors (Lipinski definition) is 4. The maximum atomic E-state index is 13.1. The molecule has 0 saturated heterocycles. The van der Waals surface area contributed by atoms with Gasteiger partial charge in [-0.2, -0.15) is 0 Å². The van der Waals surface area contributed by atoms with Gasteiger partial charge in [0.1, 0.15) is 27.0 Å². The Bertz CT molecular complexity index is 974. The molecule has 2 aromatic carbocycles. The van der Waals surface area contributed by atoms with Crippen LogP contribution in [0.1, 0.15) is 44.7 Å². The molecule has 0 spiro atoms. The summed E-state index contributed by atoms with van der Waals surface area (Å²) in [7, 11) is -2.48. The number of halogens is 2. The van der Waals surface area contributed by atoms with Gasteiger partial charge >= 0.3 is 0 Å². The lowest BCUT2D eigenvalue weighted by Crippen LogP contribution is -2.44. The summed E-state index contributed by atoms with van der Waals surface area (Å²) in [6.45, 7) is 4.09. The third-order valence-electron chi connectivity index (χ3n) is 5.30.